The molecule has 2 amide bonds. The lowest BCUT2D eigenvalue weighted by atomic mass is 9.97. The minimum atomic E-state index is -0.586. The van der Waals surface area contributed by atoms with Crippen LogP contribution in [-0.4, -0.2) is 47.2 Å². The minimum Gasteiger partial charge on any atom is -0.463 e. The molecule has 10 nitrogen and oxygen atoms in total. The van der Waals surface area contributed by atoms with Gasteiger partial charge >= 0.3 is 18.0 Å². The average molecular weight is 475 g/mol. The van der Waals surface area contributed by atoms with E-state index in [2.05, 4.69) is 20.6 Å². The largest absolute Gasteiger partial charge is 0.463 e. The van der Waals surface area contributed by atoms with Crippen LogP contribution in [0, 0.1) is 0 Å². The minimum absolute atomic E-state index is 0.0106. The Labute approximate surface area is 193 Å². The van der Waals surface area contributed by atoms with Gasteiger partial charge in [-0.3, -0.25) is 9.59 Å². The summed E-state index contributed by atoms with van der Waals surface area (Å²) in [4.78, 5) is 58.3. The summed E-state index contributed by atoms with van der Waals surface area (Å²) < 4.78 is 10.3. The second kappa shape index (κ2) is 9.74. The van der Waals surface area contributed by atoms with E-state index in [1.54, 1.807) is 25.2 Å². The third kappa shape index (κ3) is 4.92. The molecule has 0 aromatic carbocycles. The first-order valence-corrected chi connectivity index (χ1v) is 11.9. The second-order valence-electron chi connectivity index (χ2n) is 8.00. The van der Waals surface area contributed by atoms with Gasteiger partial charge in [-0.1, -0.05) is 0 Å². The number of aromatic nitrogens is 2. The molecule has 11 heteroatoms. The van der Waals surface area contributed by atoms with Crippen molar-refractivity contribution in [1.82, 2.24) is 20.6 Å². The molecular weight excluding hydrogens is 448 g/mol. The van der Waals surface area contributed by atoms with Crippen LogP contribution in [0.4, 0.5) is 4.79 Å². The fraction of sp³-hybridized carbons (Fsp3) is 0.500. The summed E-state index contributed by atoms with van der Waals surface area (Å²) in [6.45, 7) is 3.23. The number of aryl methyl sites for hydroxylation is 3. The maximum Gasteiger partial charge on any atom is 0.338 e. The van der Waals surface area contributed by atoms with Crippen LogP contribution in [0.2, 0.25) is 0 Å². The van der Waals surface area contributed by atoms with Crippen molar-refractivity contribution in [3.05, 3.63) is 37.9 Å². The van der Waals surface area contributed by atoms with Crippen molar-refractivity contribution in [2.75, 3.05) is 13.2 Å². The van der Waals surface area contributed by atoms with Crippen LogP contribution in [0.1, 0.15) is 49.4 Å². The number of amides is 2. The van der Waals surface area contributed by atoms with Gasteiger partial charge in [0, 0.05) is 11.3 Å². The lowest BCUT2D eigenvalue weighted by Gasteiger charge is -2.26. The van der Waals surface area contributed by atoms with Crippen LogP contribution in [0.5, 0.6) is 0 Å². The van der Waals surface area contributed by atoms with Crippen LogP contribution in [0.3, 0.4) is 0 Å². The molecular formula is C22H26N4O6S. The van der Waals surface area contributed by atoms with E-state index in [9.17, 15) is 19.2 Å². The SMILES string of the molecule is CCOC(=O)C1=C(COC(=O)CCc2nc3sc4c(c3c(=O)[nH]2)CCCC4)NC(=O)NC1C. The number of carbonyl (C=O) groups is 3. The van der Waals surface area contributed by atoms with E-state index in [1.807, 2.05) is 0 Å². The normalized spacial score (nSPS) is 17.9. The highest BCUT2D eigenvalue weighted by molar-refractivity contribution is 7.18. The summed E-state index contributed by atoms with van der Waals surface area (Å²) in [7, 11) is 0. The van der Waals surface area contributed by atoms with Crippen LogP contribution < -0.4 is 16.2 Å². The molecule has 2 aromatic rings. The highest BCUT2D eigenvalue weighted by Crippen LogP contribution is 2.33. The standard InChI is InChI=1S/C22H26N4O6S/c1-3-31-21(29)17-11(2)23-22(30)24-13(17)10-32-16(27)9-8-15-25-19(28)18-12-6-4-5-7-14(12)33-20(18)26-15/h11H,3-10H2,1-2H3,(H2,23,24,30)(H,25,26,28). The third-order valence-electron chi connectivity index (χ3n) is 5.68. The molecule has 3 N–H and O–H groups in total. The van der Waals surface area contributed by atoms with E-state index < -0.39 is 24.0 Å². The van der Waals surface area contributed by atoms with Gasteiger partial charge in [0.15, 0.2) is 0 Å². The fourth-order valence-electron chi connectivity index (χ4n) is 4.17. The quantitative estimate of drug-likeness (QED) is 0.521. The van der Waals surface area contributed by atoms with Crippen molar-refractivity contribution in [2.45, 2.75) is 58.4 Å². The smallest absolute Gasteiger partial charge is 0.338 e. The summed E-state index contributed by atoms with van der Waals surface area (Å²) in [6, 6.07) is -1.07. The molecule has 0 radical (unpaired) electrons. The van der Waals surface area contributed by atoms with E-state index in [0.29, 0.717) is 16.0 Å². The summed E-state index contributed by atoms with van der Waals surface area (Å²) >= 11 is 1.56. The topological polar surface area (TPSA) is 139 Å². The van der Waals surface area contributed by atoms with E-state index in [0.717, 1.165) is 31.2 Å². The maximum atomic E-state index is 12.6. The van der Waals surface area contributed by atoms with E-state index >= 15 is 0 Å². The van der Waals surface area contributed by atoms with Gasteiger partial charge in [-0.05, 0) is 45.1 Å². The van der Waals surface area contributed by atoms with Crippen LogP contribution in [0.25, 0.3) is 10.2 Å². The van der Waals surface area contributed by atoms with E-state index in [-0.39, 0.29) is 42.9 Å². The average Bonchev–Trinajstić information content (AvgIpc) is 3.14. The highest BCUT2D eigenvalue weighted by Gasteiger charge is 2.30. The lowest BCUT2D eigenvalue weighted by molar-refractivity contribution is -0.143. The number of esters is 2. The number of H-pyrrole nitrogens is 1. The van der Waals surface area contributed by atoms with Crippen LogP contribution in [-0.2, 0) is 38.3 Å². The van der Waals surface area contributed by atoms with Gasteiger partial charge in [0.05, 0.1) is 35.7 Å². The van der Waals surface area contributed by atoms with Crippen molar-refractivity contribution < 1.29 is 23.9 Å². The van der Waals surface area contributed by atoms with Gasteiger partial charge in [-0.15, -0.1) is 11.3 Å². The monoisotopic (exact) mass is 474 g/mol. The zero-order valence-corrected chi connectivity index (χ0v) is 19.4. The van der Waals surface area contributed by atoms with Crippen molar-refractivity contribution in [1.29, 1.82) is 0 Å². The van der Waals surface area contributed by atoms with Gasteiger partial charge in [-0.25, -0.2) is 14.6 Å². The first-order chi connectivity index (χ1) is 15.9. The second-order valence-corrected chi connectivity index (χ2v) is 9.08. The van der Waals surface area contributed by atoms with Crippen LogP contribution >= 0.6 is 11.3 Å². The summed E-state index contributed by atoms with van der Waals surface area (Å²) in [5.74, 6) is -0.699. The summed E-state index contributed by atoms with van der Waals surface area (Å²) in [6.07, 6.45) is 4.28. The maximum absolute atomic E-state index is 12.6. The number of thiophene rings is 1. The predicted molar refractivity (Wildman–Crippen MR) is 121 cm³/mol. The van der Waals surface area contributed by atoms with Gasteiger partial charge in [-0.2, -0.15) is 0 Å². The number of fused-ring (bicyclic) bond motifs is 3. The van der Waals surface area contributed by atoms with Crippen molar-refractivity contribution in [3.63, 3.8) is 0 Å². The number of nitrogens with one attached hydrogen (secondary N) is 3. The molecule has 176 valence electrons. The number of urea groups is 1. The number of nitrogens with zero attached hydrogens (tertiary/aromatic N) is 1. The molecule has 2 aromatic heterocycles. The Hall–Kier alpha value is -3.21. The Morgan fingerprint density at radius 2 is 1.97 bits per heavy atom. The molecule has 1 aliphatic carbocycles. The Morgan fingerprint density at radius 1 is 1.18 bits per heavy atom. The van der Waals surface area contributed by atoms with Crippen molar-refractivity contribution in [2.24, 2.45) is 0 Å². The van der Waals surface area contributed by atoms with Gasteiger partial charge < -0.3 is 25.1 Å². The number of hydrogen-bond donors (Lipinski definition) is 3. The molecule has 0 saturated heterocycles. The molecule has 0 fully saturated rings. The summed E-state index contributed by atoms with van der Waals surface area (Å²) in [5.41, 5.74) is 1.35. The molecule has 4 rings (SSSR count). The number of aromatic amines is 1. The first-order valence-electron chi connectivity index (χ1n) is 11.0. The number of ether oxygens (including phenoxy) is 2. The number of hydrogen-bond acceptors (Lipinski definition) is 8. The number of rotatable bonds is 7. The molecule has 33 heavy (non-hydrogen) atoms. The Balaban J connectivity index is 1.41. The Kier molecular flexibility index (Phi) is 6.77. The lowest BCUT2D eigenvalue weighted by Crippen LogP contribution is -2.50. The Bertz CT molecular complexity index is 1200. The summed E-state index contributed by atoms with van der Waals surface area (Å²) in [5, 5.41) is 5.77. The third-order valence-corrected chi connectivity index (χ3v) is 6.87. The Morgan fingerprint density at radius 3 is 2.76 bits per heavy atom. The molecule has 1 aliphatic heterocycles. The van der Waals surface area contributed by atoms with Crippen LogP contribution in [0.15, 0.2) is 16.1 Å². The fourth-order valence-corrected chi connectivity index (χ4v) is 5.45. The number of carbonyl (C=O) groups excluding carboxylic acids is 3. The predicted octanol–water partition coefficient (Wildman–Crippen LogP) is 1.86. The molecule has 0 spiro atoms. The van der Waals surface area contributed by atoms with E-state index in [1.165, 1.54) is 4.88 Å². The molecule has 2 aliphatic rings. The molecule has 1 unspecified atom stereocenters. The molecule has 0 bridgehead atoms. The molecule has 1 atom stereocenters. The van der Waals surface area contributed by atoms with Gasteiger partial charge in [0.2, 0.25) is 0 Å². The highest BCUT2D eigenvalue weighted by atomic mass is 32.1. The zero-order chi connectivity index (χ0) is 23.5. The molecule has 3 heterocycles. The van der Waals surface area contributed by atoms with E-state index in [4.69, 9.17) is 9.47 Å². The molecule has 0 saturated carbocycles. The van der Waals surface area contributed by atoms with Gasteiger partial charge in [0.1, 0.15) is 17.3 Å². The van der Waals surface area contributed by atoms with Crippen molar-refractivity contribution >= 4 is 39.5 Å². The van der Waals surface area contributed by atoms with Gasteiger partial charge in [0.25, 0.3) is 5.56 Å². The zero-order valence-electron chi connectivity index (χ0n) is 18.5. The van der Waals surface area contributed by atoms with Crippen molar-refractivity contribution in [3.8, 4) is 0 Å². The first kappa shape index (κ1) is 23.0.